The summed E-state index contributed by atoms with van der Waals surface area (Å²) in [7, 11) is 1.68. The second kappa shape index (κ2) is 9.71. The molecule has 31 heavy (non-hydrogen) atoms. The first-order valence-corrected chi connectivity index (χ1v) is 10.2. The average molecular weight is 416 g/mol. The van der Waals surface area contributed by atoms with Gasteiger partial charge in [0.25, 0.3) is 0 Å². The predicted octanol–water partition coefficient (Wildman–Crippen LogP) is 4.17. The van der Waals surface area contributed by atoms with Gasteiger partial charge < -0.3 is 10.1 Å². The van der Waals surface area contributed by atoms with Gasteiger partial charge in [0, 0.05) is 30.1 Å². The van der Waals surface area contributed by atoms with Crippen molar-refractivity contribution in [2.75, 3.05) is 19.0 Å². The molecule has 1 aromatic carbocycles. The first kappa shape index (κ1) is 20.3. The highest BCUT2D eigenvalue weighted by atomic mass is 16.5. The quantitative estimate of drug-likeness (QED) is 0.374. The molecule has 4 aromatic rings. The molecule has 0 spiro atoms. The van der Waals surface area contributed by atoms with Crippen LogP contribution < -0.4 is 15.4 Å². The zero-order valence-corrected chi connectivity index (χ0v) is 17.3. The van der Waals surface area contributed by atoms with Gasteiger partial charge in [0.15, 0.2) is 0 Å². The summed E-state index contributed by atoms with van der Waals surface area (Å²) < 4.78 is 5.37. The van der Waals surface area contributed by atoms with Crippen molar-refractivity contribution in [1.29, 1.82) is 0 Å². The molecule has 4 rings (SSSR count). The normalized spacial score (nSPS) is 10.7. The Morgan fingerprint density at radius 1 is 1.06 bits per heavy atom. The number of unbranched alkanes of at least 4 members (excludes halogenated alkanes) is 1. The highest BCUT2D eigenvalue weighted by Gasteiger charge is 2.07. The number of carbonyl (C=O) groups excluding carboxylic acids is 1. The molecule has 0 bridgehead atoms. The Morgan fingerprint density at radius 3 is 2.81 bits per heavy atom. The summed E-state index contributed by atoms with van der Waals surface area (Å²) in [5.41, 5.74) is 4.48. The minimum atomic E-state index is -0.275. The van der Waals surface area contributed by atoms with E-state index >= 15 is 0 Å². The smallest absolute Gasteiger partial charge is 0.320 e. The standard InChI is InChI=1S/C23H24N6O2/c1-31-21-8-3-2-6-16(21)7-4-5-11-24-23(30)29-22-10-9-19-20(28-22)12-17(13-25-19)18-14-26-27-15-18/h2-3,6,8-10,12-15H,4-5,7,11H2,1H3,(H,26,27)(H2,24,28,29,30). The van der Waals surface area contributed by atoms with Crippen molar-refractivity contribution in [1.82, 2.24) is 25.5 Å². The molecular formula is C23H24N6O2. The van der Waals surface area contributed by atoms with E-state index in [-0.39, 0.29) is 6.03 Å². The molecular weight excluding hydrogens is 392 g/mol. The number of H-pyrrole nitrogens is 1. The van der Waals surface area contributed by atoms with Crippen LogP contribution in [-0.2, 0) is 6.42 Å². The van der Waals surface area contributed by atoms with Crippen molar-refractivity contribution in [2.45, 2.75) is 19.3 Å². The van der Waals surface area contributed by atoms with E-state index in [1.165, 1.54) is 5.56 Å². The summed E-state index contributed by atoms with van der Waals surface area (Å²) >= 11 is 0. The Balaban J connectivity index is 1.28. The molecule has 3 heterocycles. The largest absolute Gasteiger partial charge is 0.496 e. The number of fused-ring (bicyclic) bond motifs is 1. The van der Waals surface area contributed by atoms with Crippen molar-refractivity contribution in [3.8, 4) is 16.9 Å². The van der Waals surface area contributed by atoms with Gasteiger partial charge in [-0.05, 0) is 49.1 Å². The van der Waals surface area contributed by atoms with Crippen LogP contribution in [0.4, 0.5) is 10.6 Å². The van der Waals surface area contributed by atoms with Gasteiger partial charge in [-0.3, -0.25) is 15.4 Å². The van der Waals surface area contributed by atoms with Crippen LogP contribution >= 0.6 is 0 Å². The number of urea groups is 1. The molecule has 0 radical (unpaired) electrons. The molecule has 0 unspecified atom stereocenters. The monoisotopic (exact) mass is 416 g/mol. The number of ether oxygens (including phenoxy) is 1. The van der Waals surface area contributed by atoms with Crippen LogP contribution in [0.2, 0.25) is 0 Å². The van der Waals surface area contributed by atoms with Crippen molar-refractivity contribution in [3.05, 3.63) is 66.6 Å². The number of hydrogen-bond acceptors (Lipinski definition) is 5. The maximum Gasteiger partial charge on any atom is 0.320 e. The Labute approximate surface area is 180 Å². The van der Waals surface area contributed by atoms with Crippen LogP contribution in [0.15, 0.2) is 61.1 Å². The number of anilines is 1. The third-order valence-electron chi connectivity index (χ3n) is 4.96. The maximum absolute atomic E-state index is 12.2. The van der Waals surface area contributed by atoms with E-state index < -0.39 is 0 Å². The maximum atomic E-state index is 12.2. The van der Waals surface area contributed by atoms with Gasteiger partial charge in [-0.2, -0.15) is 5.10 Å². The van der Waals surface area contributed by atoms with Crippen LogP contribution in [-0.4, -0.2) is 39.9 Å². The second-order valence-corrected chi connectivity index (χ2v) is 7.10. The number of aromatic nitrogens is 4. The lowest BCUT2D eigenvalue weighted by molar-refractivity contribution is 0.252. The van der Waals surface area contributed by atoms with Gasteiger partial charge >= 0.3 is 6.03 Å². The van der Waals surface area contributed by atoms with Crippen molar-refractivity contribution in [3.63, 3.8) is 0 Å². The number of pyridine rings is 2. The van der Waals surface area contributed by atoms with Gasteiger partial charge in [-0.1, -0.05) is 18.2 Å². The second-order valence-electron chi connectivity index (χ2n) is 7.10. The first-order chi connectivity index (χ1) is 15.2. The van der Waals surface area contributed by atoms with E-state index in [2.05, 4.69) is 36.9 Å². The fourth-order valence-electron chi connectivity index (χ4n) is 3.36. The molecule has 0 saturated carbocycles. The van der Waals surface area contributed by atoms with E-state index in [1.807, 2.05) is 30.3 Å². The van der Waals surface area contributed by atoms with Gasteiger partial charge in [0.1, 0.15) is 11.6 Å². The van der Waals surface area contributed by atoms with Gasteiger partial charge in [-0.25, -0.2) is 9.78 Å². The number of benzene rings is 1. The number of aryl methyl sites for hydroxylation is 1. The fraction of sp³-hybridized carbons (Fsp3) is 0.217. The first-order valence-electron chi connectivity index (χ1n) is 10.2. The lowest BCUT2D eigenvalue weighted by atomic mass is 10.1. The van der Waals surface area contributed by atoms with Crippen LogP contribution in [0.3, 0.4) is 0 Å². The number of aromatic amines is 1. The number of amides is 2. The Hall–Kier alpha value is -3.94. The molecule has 3 N–H and O–H groups in total. The van der Waals surface area contributed by atoms with Crippen LogP contribution in [0, 0.1) is 0 Å². The number of para-hydroxylation sites is 1. The number of hydrogen-bond donors (Lipinski definition) is 3. The number of nitrogens with zero attached hydrogens (tertiary/aromatic N) is 3. The molecule has 158 valence electrons. The van der Waals surface area contributed by atoms with Crippen molar-refractivity contribution >= 4 is 22.9 Å². The van der Waals surface area contributed by atoms with Crippen molar-refractivity contribution in [2.24, 2.45) is 0 Å². The topological polar surface area (TPSA) is 105 Å². The van der Waals surface area contributed by atoms with Crippen molar-refractivity contribution < 1.29 is 9.53 Å². The van der Waals surface area contributed by atoms with E-state index in [0.717, 1.165) is 41.7 Å². The van der Waals surface area contributed by atoms with Gasteiger partial charge in [0.05, 0.1) is 24.3 Å². The fourth-order valence-corrected chi connectivity index (χ4v) is 3.36. The van der Waals surface area contributed by atoms with Crippen LogP contribution in [0.1, 0.15) is 18.4 Å². The van der Waals surface area contributed by atoms with Crippen LogP contribution in [0.25, 0.3) is 22.2 Å². The van der Waals surface area contributed by atoms with E-state index in [4.69, 9.17) is 4.74 Å². The van der Waals surface area contributed by atoms with Gasteiger partial charge in [0.2, 0.25) is 0 Å². The SMILES string of the molecule is COc1ccccc1CCCCNC(=O)Nc1ccc2ncc(-c3cn[nH]c3)cc2n1. The zero-order valence-electron chi connectivity index (χ0n) is 17.3. The minimum Gasteiger partial charge on any atom is -0.496 e. The minimum absolute atomic E-state index is 0.275. The highest BCUT2D eigenvalue weighted by molar-refractivity contribution is 5.90. The highest BCUT2D eigenvalue weighted by Crippen LogP contribution is 2.22. The molecule has 0 aliphatic rings. The summed E-state index contributed by atoms with van der Waals surface area (Å²) in [5.74, 6) is 1.38. The molecule has 2 amide bonds. The number of rotatable bonds is 8. The molecule has 0 fully saturated rings. The third kappa shape index (κ3) is 5.16. The zero-order chi connectivity index (χ0) is 21.5. The summed E-state index contributed by atoms with van der Waals surface area (Å²) in [5, 5.41) is 12.4. The van der Waals surface area contributed by atoms with Gasteiger partial charge in [-0.15, -0.1) is 0 Å². The Morgan fingerprint density at radius 2 is 1.97 bits per heavy atom. The number of carbonyl (C=O) groups is 1. The molecule has 0 aliphatic heterocycles. The summed E-state index contributed by atoms with van der Waals surface area (Å²) in [6.07, 6.45) is 8.04. The number of methoxy groups -OCH3 is 1. The van der Waals surface area contributed by atoms with E-state index in [1.54, 1.807) is 31.8 Å². The number of nitrogens with one attached hydrogen (secondary N) is 3. The molecule has 0 aliphatic carbocycles. The lowest BCUT2D eigenvalue weighted by Crippen LogP contribution is -2.29. The van der Waals surface area contributed by atoms with E-state index in [0.29, 0.717) is 17.9 Å². The van der Waals surface area contributed by atoms with Crippen LogP contribution in [0.5, 0.6) is 5.75 Å². The Bertz CT molecular complexity index is 1160. The molecule has 0 saturated heterocycles. The van der Waals surface area contributed by atoms with E-state index in [9.17, 15) is 4.79 Å². The third-order valence-corrected chi connectivity index (χ3v) is 4.96. The summed E-state index contributed by atoms with van der Waals surface area (Å²) in [6.45, 7) is 0.584. The summed E-state index contributed by atoms with van der Waals surface area (Å²) in [6, 6.07) is 13.2. The predicted molar refractivity (Wildman–Crippen MR) is 120 cm³/mol. The molecule has 0 atom stereocenters. The molecule has 8 heteroatoms. The lowest BCUT2D eigenvalue weighted by Gasteiger charge is -2.09. The molecule has 3 aromatic heterocycles. The average Bonchev–Trinajstić information content (AvgIpc) is 3.34. The Kier molecular flexibility index (Phi) is 6.37. The molecule has 8 nitrogen and oxygen atoms in total. The summed E-state index contributed by atoms with van der Waals surface area (Å²) in [4.78, 5) is 21.2.